The van der Waals surface area contributed by atoms with Gasteiger partial charge in [0.05, 0.1) is 12.7 Å². The summed E-state index contributed by atoms with van der Waals surface area (Å²) in [6, 6.07) is 8.74. The number of benzene rings is 2. The minimum Gasteiger partial charge on any atom is -0.496 e. The zero-order valence-corrected chi connectivity index (χ0v) is 12.1. The van der Waals surface area contributed by atoms with Crippen LogP contribution in [0, 0.1) is 5.82 Å². The van der Waals surface area contributed by atoms with E-state index < -0.39 is 5.82 Å². The van der Waals surface area contributed by atoms with Crippen molar-refractivity contribution in [3.63, 3.8) is 0 Å². The summed E-state index contributed by atoms with van der Waals surface area (Å²) in [6.07, 6.45) is 0.0666. The molecule has 2 aromatic rings. The van der Waals surface area contributed by atoms with Crippen molar-refractivity contribution in [2.24, 2.45) is 0 Å². The molecule has 20 heavy (non-hydrogen) atoms. The number of hydrogen-bond donors (Lipinski definition) is 0. The number of ether oxygens (including phenoxy) is 1. The molecule has 0 amide bonds. The van der Waals surface area contributed by atoms with Crippen LogP contribution in [-0.4, -0.2) is 12.9 Å². The lowest BCUT2D eigenvalue weighted by Crippen LogP contribution is -2.06. The lowest BCUT2D eigenvalue weighted by Gasteiger charge is -2.09. The van der Waals surface area contributed by atoms with Crippen molar-refractivity contribution in [1.29, 1.82) is 0 Å². The summed E-state index contributed by atoms with van der Waals surface area (Å²) >= 11 is 11.8. The number of Topliss-reactive ketones (excluding diaryl/α,β-unsaturated/α-hetero) is 1. The number of halogens is 3. The Hall–Kier alpha value is -1.58. The van der Waals surface area contributed by atoms with Crippen molar-refractivity contribution in [2.45, 2.75) is 6.42 Å². The molecule has 0 aliphatic rings. The van der Waals surface area contributed by atoms with Crippen molar-refractivity contribution in [3.8, 4) is 5.75 Å². The minimum absolute atomic E-state index is 0.0666. The molecule has 0 saturated heterocycles. The van der Waals surface area contributed by atoms with Gasteiger partial charge < -0.3 is 4.74 Å². The van der Waals surface area contributed by atoms with Crippen LogP contribution in [0.4, 0.5) is 4.39 Å². The molecule has 2 nitrogen and oxygen atoms in total. The molecule has 0 bridgehead atoms. The molecular weight excluding hydrogens is 302 g/mol. The smallest absolute Gasteiger partial charge is 0.171 e. The average molecular weight is 313 g/mol. The zero-order valence-electron chi connectivity index (χ0n) is 10.6. The van der Waals surface area contributed by atoms with Gasteiger partial charge in [0.15, 0.2) is 5.78 Å². The first kappa shape index (κ1) is 14.8. The molecule has 0 N–H and O–H groups in total. The van der Waals surface area contributed by atoms with Crippen molar-refractivity contribution in [3.05, 3.63) is 63.4 Å². The maximum Gasteiger partial charge on any atom is 0.171 e. The number of carbonyl (C=O) groups is 1. The summed E-state index contributed by atoms with van der Waals surface area (Å²) in [5.74, 6) is -0.206. The van der Waals surface area contributed by atoms with Gasteiger partial charge in [-0.25, -0.2) is 4.39 Å². The lowest BCUT2D eigenvalue weighted by molar-refractivity contribution is 0.0990. The van der Waals surface area contributed by atoms with Gasteiger partial charge in [-0.2, -0.15) is 0 Å². The van der Waals surface area contributed by atoms with E-state index in [4.69, 9.17) is 27.9 Å². The molecule has 0 fully saturated rings. The molecule has 0 aliphatic heterocycles. The lowest BCUT2D eigenvalue weighted by atomic mass is 10.0. The molecule has 0 radical (unpaired) electrons. The van der Waals surface area contributed by atoms with Crippen molar-refractivity contribution >= 4 is 29.0 Å². The van der Waals surface area contributed by atoms with Crippen LogP contribution in [0.15, 0.2) is 36.4 Å². The molecule has 0 saturated carbocycles. The Labute approximate surface area is 126 Å². The summed E-state index contributed by atoms with van der Waals surface area (Å²) in [5.41, 5.74) is 0.979. The molecule has 0 atom stereocenters. The van der Waals surface area contributed by atoms with Crippen LogP contribution < -0.4 is 4.74 Å². The average Bonchev–Trinajstić information content (AvgIpc) is 2.41. The number of ketones is 1. The highest BCUT2D eigenvalue weighted by Gasteiger charge is 2.15. The first-order valence-corrected chi connectivity index (χ1v) is 6.57. The van der Waals surface area contributed by atoms with E-state index in [-0.39, 0.29) is 17.2 Å². The largest absolute Gasteiger partial charge is 0.496 e. The molecule has 0 unspecified atom stereocenters. The van der Waals surface area contributed by atoms with Crippen LogP contribution in [-0.2, 0) is 6.42 Å². The second-order valence-electron chi connectivity index (χ2n) is 4.18. The van der Waals surface area contributed by atoms with E-state index in [2.05, 4.69) is 0 Å². The Kier molecular flexibility index (Phi) is 4.63. The summed E-state index contributed by atoms with van der Waals surface area (Å²) in [7, 11) is 1.47. The van der Waals surface area contributed by atoms with E-state index in [1.54, 1.807) is 18.2 Å². The van der Waals surface area contributed by atoms with E-state index in [9.17, 15) is 9.18 Å². The SMILES string of the molecule is COc1cc(Cl)ccc1C(=O)Cc1ccc(F)cc1Cl. The summed E-state index contributed by atoms with van der Waals surface area (Å²) in [6.45, 7) is 0. The second-order valence-corrected chi connectivity index (χ2v) is 5.02. The molecule has 0 heterocycles. The predicted molar refractivity (Wildman–Crippen MR) is 77.4 cm³/mol. The third-order valence-electron chi connectivity index (χ3n) is 2.83. The van der Waals surface area contributed by atoms with Gasteiger partial charge in [0.25, 0.3) is 0 Å². The van der Waals surface area contributed by atoms with Gasteiger partial charge in [-0.1, -0.05) is 29.3 Å². The highest BCUT2D eigenvalue weighted by molar-refractivity contribution is 6.32. The van der Waals surface area contributed by atoms with E-state index in [1.165, 1.54) is 25.3 Å². The van der Waals surface area contributed by atoms with Crippen LogP contribution in [0.25, 0.3) is 0 Å². The molecule has 2 rings (SSSR count). The van der Waals surface area contributed by atoms with Crippen LogP contribution >= 0.6 is 23.2 Å². The van der Waals surface area contributed by atoms with E-state index >= 15 is 0 Å². The van der Waals surface area contributed by atoms with Gasteiger partial charge in [-0.15, -0.1) is 0 Å². The van der Waals surface area contributed by atoms with Crippen molar-refractivity contribution in [2.75, 3.05) is 7.11 Å². The van der Waals surface area contributed by atoms with Crippen LogP contribution in [0.1, 0.15) is 15.9 Å². The fourth-order valence-corrected chi connectivity index (χ4v) is 2.22. The van der Waals surface area contributed by atoms with Crippen molar-refractivity contribution < 1.29 is 13.9 Å². The molecule has 104 valence electrons. The molecule has 2 aromatic carbocycles. The molecule has 0 aromatic heterocycles. The maximum absolute atomic E-state index is 13.0. The first-order chi connectivity index (χ1) is 9.51. The molecular formula is C15H11Cl2FO2. The summed E-state index contributed by atoms with van der Waals surface area (Å²) < 4.78 is 18.1. The van der Waals surface area contributed by atoms with E-state index in [0.29, 0.717) is 21.9 Å². The monoisotopic (exact) mass is 312 g/mol. The molecule has 0 aliphatic carbocycles. The van der Waals surface area contributed by atoms with Gasteiger partial charge >= 0.3 is 0 Å². The molecule has 5 heteroatoms. The van der Waals surface area contributed by atoms with Gasteiger partial charge in [0.2, 0.25) is 0 Å². The van der Waals surface area contributed by atoms with Crippen molar-refractivity contribution in [1.82, 2.24) is 0 Å². The number of hydrogen-bond acceptors (Lipinski definition) is 2. The van der Waals surface area contributed by atoms with Crippen LogP contribution in [0.5, 0.6) is 5.75 Å². The van der Waals surface area contributed by atoms with Crippen LogP contribution in [0.3, 0.4) is 0 Å². The van der Waals surface area contributed by atoms with Gasteiger partial charge in [-0.3, -0.25) is 4.79 Å². The number of rotatable bonds is 4. The van der Waals surface area contributed by atoms with Gasteiger partial charge in [0, 0.05) is 16.5 Å². The predicted octanol–water partition coefficient (Wildman–Crippen LogP) is 4.57. The normalized spacial score (nSPS) is 10.4. The highest BCUT2D eigenvalue weighted by Crippen LogP contribution is 2.26. The summed E-state index contributed by atoms with van der Waals surface area (Å²) in [5, 5.41) is 0.712. The Morgan fingerprint density at radius 1 is 1.20 bits per heavy atom. The van der Waals surface area contributed by atoms with E-state index in [1.807, 2.05) is 0 Å². The Morgan fingerprint density at radius 3 is 2.60 bits per heavy atom. The quantitative estimate of drug-likeness (QED) is 0.773. The van der Waals surface area contributed by atoms with Gasteiger partial charge in [0.1, 0.15) is 11.6 Å². The molecule has 0 spiro atoms. The Morgan fingerprint density at radius 2 is 1.95 bits per heavy atom. The minimum atomic E-state index is -0.435. The van der Waals surface area contributed by atoms with Gasteiger partial charge in [-0.05, 0) is 35.9 Å². The van der Waals surface area contributed by atoms with E-state index in [0.717, 1.165) is 0 Å². The number of carbonyl (C=O) groups excluding carboxylic acids is 1. The maximum atomic E-state index is 13.0. The Bertz CT molecular complexity index is 656. The topological polar surface area (TPSA) is 26.3 Å². The fourth-order valence-electron chi connectivity index (χ4n) is 1.83. The summed E-state index contributed by atoms with van der Waals surface area (Å²) in [4.78, 5) is 12.3. The number of methoxy groups -OCH3 is 1. The highest BCUT2D eigenvalue weighted by atomic mass is 35.5. The zero-order chi connectivity index (χ0) is 14.7. The fraction of sp³-hybridized carbons (Fsp3) is 0.133. The second kappa shape index (κ2) is 6.25. The standard InChI is InChI=1S/C15H11Cl2FO2/c1-20-15-7-10(16)3-5-12(15)14(19)6-9-2-4-11(18)8-13(9)17/h2-5,7-8H,6H2,1H3. The van der Waals surface area contributed by atoms with Crippen LogP contribution in [0.2, 0.25) is 10.0 Å². The first-order valence-electron chi connectivity index (χ1n) is 5.82. The third kappa shape index (κ3) is 3.30. The third-order valence-corrected chi connectivity index (χ3v) is 3.42. The Balaban J connectivity index is 2.28.